The van der Waals surface area contributed by atoms with E-state index in [4.69, 9.17) is 0 Å². The Kier molecular flexibility index (Phi) is 2.48. The second-order valence-corrected chi connectivity index (χ2v) is 8.68. The predicted octanol–water partition coefficient (Wildman–Crippen LogP) is 2.71. The number of allylic oxidation sites excluding steroid dienone is 1. The van der Waals surface area contributed by atoms with Crippen LogP contribution in [0.25, 0.3) is 0 Å². The largest absolute Gasteiger partial charge is 0.103 e. The number of hydrogen-bond donors (Lipinski definition) is 0. The van der Waals surface area contributed by atoms with E-state index in [1.54, 1.807) is 0 Å². The van der Waals surface area contributed by atoms with E-state index in [9.17, 15) is 0 Å². The summed E-state index contributed by atoms with van der Waals surface area (Å²) in [5, 5.41) is 0. The molecule has 1 heteroatoms. The van der Waals surface area contributed by atoms with E-state index in [2.05, 4.69) is 33.1 Å². The van der Waals surface area contributed by atoms with Gasteiger partial charge in [0, 0.05) is 0 Å². The highest BCUT2D eigenvalue weighted by Gasteiger charge is 2.18. The minimum Gasteiger partial charge on any atom is -0.103 e. The van der Waals surface area contributed by atoms with E-state index in [1.807, 2.05) is 6.08 Å². The molecule has 1 radical (unpaired) electrons. The highest BCUT2D eigenvalue weighted by atomic mass is 28.3. The van der Waals surface area contributed by atoms with Gasteiger partial charge in [-0.05, 0) is 12.5 Å². The molecule has 0 nitrogen and oxygen atoms in total. The molecule has 0 saturated carbocycles. The molecule has 8 heavy (non-hydrogen) atoms. The fraction of sp³-hybridized carbons (Fsp3) is 0.571. The lowest BCUT2D eigenvalue weighted by atomic mass is 10.5. The standard InChI is InChI=1S/C7H15Si/c1-6-7(2)8(3,4)5/h6-7H,1-2H2,3-5H3. The van der Waals surface area contributed by atoms with Crippen molar-refractivity contribution in [3.63, 3.8) is 0 Å². The minimum atomic E-state index is -0.990. The lowest BCUT2D eigenvalue weighted by molar-refractivity contribution is 1.27. The zero-order valence-electron chi connectivity index (χ0n) is 6.07. The van der Waals surface area contributed by atoms with Gasteiger partial charge in [0.1, 0.15) is 0 Å². The fourth-order valence-corrected chi connectivity index (χ4v) is 1.06. The Morgan fingerprint density at radius 3 is 1.75 bits per heavy atom. The van der Waals surface area contributed by atoms with Gasteiger partial charge in [-0.25, -0.2) is 0 Å². The lowest BCUT2D eigenvalue weighted by Crippen LogP contribution is -2.24. The Balaban J connectivity index is 3.80. The van der Waals surface area contributed by atoms with Gasteiger partial charge in [-0.3, -0.25) is 0 Å². The van der Waals surface area contributed by atoms with E-state index in [1.165, 1.54) is 0 Å². The lowest BCUT2D eigenvalue weighted by Gasteiger charge is -2.20. The minimum absolute atomic E-state index is 0.502. The van der Waals surface area contributed by atoms with Crippen LogP contribution >= 0.6 is 0 Å². The van der Waals surface area contributed by atoms with E-state index >= 15 is 0 Å². The first kappa shape index (κ1) is 7.96. The van der Waals surface area contributed by atoms with Crippen LogP contribution in [0.3, 0.4) is 0 Å². The zero-order valence-corrected chi connectivity index (χ0v) is 7.07. The second kappa shape index (κ2) is 2.49. The molecule has 1 atom stereocenters. The highest BCUT2D eigenvalue weighted by Crippen LogP contribution is 2.20. The molecule has 0 saturated heterocycles. The third kappa shape index (κ3) is 2.31. The molecule has 0 aliphatic rings. The first-order valence-corrected chi connectivity index (χ1v) is 6.52. The van der Waals surface area contributed by atoms with Gasteiger partial charge in [0.2, 0.25) is 0 Å². The summed E-state index contributed by atoms with van der Waals surface area (Å²) in [7, 11) is -0.990. The first-order chi connectivity index (χ1) is 3.48. The molecular weight excluding hydrogens is 112 g/mol. The van der Waals surface area contributed by atoms with Gasteiger partial charge < -0.3 is 0 Å². The second-order valence-electron chi connectivity index (χ2n) is 3.21. The Morgan fingerprint density at radius 2 is 1.75 bits per heavy atom. The molecule has 0 rings (SSSR count). The Labute approximate surface area is 53.6 Å². The molecule has 0 aromatic heterocycles. The average Bonchev–Trinajstić information content (AvgIpc) is 1.62. The topological polar surface area (TPSA) is 0 Å². The Bertz CT molecular complexity index is 78.9. The Hall–Kier alpha value is -0.0431. The van der Waals surface area contributed by atoms with Crippen molar-refractivity contribution in [2.45, 2.75) is 25.2 Å². The van der Waals surface area contributed by atoms with E-state index in [-0.39, 0.29) is 0 Å². The smallest absolute Gasteiger partial charge is 0.0513 e. The molecule has 0 aliphatic carbocycles. The summed E-state index contributed by atoms with van der Waals surface area (Å²) in [5.41, 5.74) is 0.502. The molecule has 0 fully saturated rings. The van der Waals surface area contributed by atoms with Crippen molar-refractivity contribution in [1.29, 1.82) is 0 Å². The summed E-state index contributed by atoms with van der Waals surface area (Å²) in [4.78, 5) is 0. The fourth-order valence-electron chi connectivity index (χ4n) is 0.354. The molecule has 0 amide bonds. The van der Waals surface area contributed by atoms with Gasteiger partial charge in [0.05, 0.1) is 8.07 Å². The molecule has 1 unspecified atom stereocenters. The first-order valence-electron chi connectivity index (χ1n) is 2.94. The van der Waals surface area contributed by atoms with Crippen molar-refractivity contribution in [2.75, 3.05) is 0 Å². The average molecular weight is 127 g/mol. The maximum atomic E-state index is 3.97. The number of hydrogen-bond acceptors (Lipinski definition) is 0. The third-order valence-electron chi connectivity index (χ3n) is 1.40. The van der Waals surface area contributed by atoms with Crippen LogP contribution < -0.4 is 0 Å². The van der Waals surface area contributed by atoms with Crippen LogP contribution in [0, 0.1) is 6.92 Å². The summed E-state index contributed by atoms with van der Waals surface area (Å²) >= 11 is 0. The maximum Gasteiger partial charge on any atom is 0.0513 e. The van der Waals surface area contributed by atoms with Gasteiger partial charge in [0.25, 0.3) is 0 Å². The monoisotopic (exact) mass is 127 g/mol. The van der Waals surface area contributed by atoms with Crippen LogP contribution in [0.2, 0.25) is 25.2 Å². The maximum absolute atomic E-state index is 3.97. The summed E-state index contributed by atoms with van der Waals surface area (Å²) in [6.45, 7) is 14.6. The summed E-state index contributed by atoms with van der Waals surface area (Å²) in [5.74, 6) is 0. The van der Waals surface area contributed by atoms with E-state index in [0.29, 0.717) is 5.54 Å². The van der Waals surface area contributed by atoms with Gasteiger partial charge in [-0.2, -0.15) is 0 Å². The predicted molar refractivity (Wildman–Crippen MR) is 42.7 cm³/mol. The molecule has 0 heterocycles. The quantitative estimate of drug-likeness (QED) is 0.395. The summed E-state index contributed by atoms with van der Waals surface area (Å²) < 4.78 is 0. The Morgan fingerprint density at radius 1 is 1.38 bits per heavy atom. The highest BCUT2D eigenvalue weighted by molar-refractivity contribution is 6.78. The normalized spacial score (nSPS) is 15.5. The van der Waals surface area contributed by atoms with Crippen LogP contribution in [-0.4, -0.2) is 8.07 Å². The van der Waals surface area contributed by atoms with Crippen molar-refractivity contribution >= 4 is 8.07 Å². The van der Waals surface area contributed by atoms with Crippen LogP contribution in [0.5, 0.6) is 0 Å². The third-order valence-corrected chi connectivity index (χ3v) is 3.86. The van der Waals surface area contributed by atoms with Crippen LogP contribution in [0.1, 0.15) is 0 Å². The van der Waals surface area contributed by atoms with Crippen LogP contribution in [0.4, 0.5) is 0 Å². The van der Waals surface area contributed by atoms with Gasteiger partial charge in [-0.15, -0.1) is 6.58 Å². The molecule has 0 aromatic rings. The molecule has 0 aromatic carbocycles. The molecule has 0 bridgehead atoms. The number of rotatable bonds is 2. The van der Waals surface area contributed by atoms with Crippen LogP contribution in [-0.2, 0) is 0 Å². The molecular formula is C7H15Si. The molecule has 0 spiro atoms. The van der Waals surface area contributed by atoms with Gasteiger partial charge >= 0.3 is 0 Å². The molecule has 0 aliphatic heterocycles. The zero-order chi connectivity index (χ0) is 6.78. The SMILES string of the molecule is [CH2]C(C=C)[Si](C)(C)C. The van der Waals surface area contributed by atoms with E-state index in [0.717, 1.165) is 0 Å². The van der Waals surface area contributed by atoms with Gasteiger partial charge in [0.15, 0.2) is 0 Å². The molecule has 0 N–H and O–H groups in total. The molecule has 47 valence electrons. The van der Waals surface area contributed by atoms with Crippen molar-refractivity contribution in [3.05, 3.63) is 19.6 Å². The summed E-state index contributed by atoms with van der Waals surface area (Å²) in [6, 6.07) is 0. The van der Waals surface area contributed by atoms with Crippen molar-refractivity contribution in [1.82, 2.24) is 0 Å². The van der Waals surface area contributed by atoms with Crippen molar-refractivity contribution in [2.24, 2.45) is 0 Å². The van der Waals surface area contributed by atoms with Gasteiger partial charge in [-0.1, -0.05) is 25.7 Å². The van der Waals surface area contributed by atoms with Crippen molar-refractivity contribution < 1.29 is 0 Å². The summed E-state index contributed by atoms with van der Waals surface area (Å²) in [6.07, 6.45) is 1.95. The van der Waals surface area contributed by atoms with E-state index < -0.39 is 8.07 Å². The van der Waals surface area contributed by atoms with Crippen molar-refractivity contribution in [3.8, 4) is 0 Å². The van der Waals surface area contributed by atoms with Crippen LogP contribution in [0.15, 0.2) is 12.7 Å².